The molecule has 2 aromatic carbocycles. The number of hydrogen-bond acceptors (Lipinski definition) is 1. The van der Waals surface area contributed by atoms with Crippen LogP contribution in [-0.2, 0) is 5.60 Å². The minimum absolute atomic E-state index is 0.0325. The first-order valence-electron chi connectivity index (χ1n) is 8.49. The summed E-state index contributed by atoms with van der Waals surface area (Å²) in [5.74, 6) is 0.127. The molecule has 0 spiro atoms. The predicted molar refractivity (Wildman–Crippen MR) is 95.9 cm³/mol. The quantitative estimate of drug-likeness (QED) is 0.826. The molecule has 0 saturated heterocycles. The van der Waals surface area contributed by atoms with Crippen LogP contribution in [0.4, 0.5) is 0 Å². The topological polar surface area (TPSA) is 20.2 Å². The van der Waals surface area contributed by atoms with E-state index in [1.807, 2.05) is 60.7 Å². The smallest absolute Gasteiger partial charge is 0.118 e. The van der Waals surface area contributed by atoms with Crippen molar-refractivity contribution in [1.82, 2.24) is 0 Å². The lowest BCUT2D eigenvalue weighted by Crippen LogP contribution is -2.45. The van der Waals surface area contributed by atoms with Gasteiger partial charge in [-0.1, -0.05) is 81.4 Å². The SMILES string of the molecule is [CH2]C1(C)CC[C@H](C(O)(c2ccccc2)c2ccccc2)C1(C)C. The van der Waals surface area contributed by atoms with Crippen molar-refractivity contribution in [3.8, 4) is 0 Å². The Bertz CT molecular complexity index is 615. The van der Waals surface area contributed by atoms with Gasteiger partial charge in [-0.2, -0.15) is 0 Å². The molecule has 2 aromatic rings. The van der Waals surface area contributed by atoms with E-state index in [1.165, 1.54) is 0 Å². The highest BCUT2D eigenvalue weighted by atomic mass is 16.3. The maximum atomic E-state index is 12.0. The van der Waals surface area contributed by atoms with Gasteiger partial charge in [0.2, 0.25) is 0 Å². The van der Waals surface area contributed by atoms with E-state index in [-0.39, 0.29) is 16.7 Å². The van der Waals surface area contributed by atoms with Gasteiger partial charge in [-0.15, -0.1) is 0 Å². The van der Waals surface area contributed by atoms with Crippen LogP contribution in [0.2, 0.25) is 0 Å². The molecule has 1 heteroatoms. The van der Waals surface area contributed by atoms with Crippen LogP contribution in [0.1, 0.15) is 44.7 Å². The Morgan fingerprint density at radius 3 is 1.70 bits per heavy atom. The van der Waals surface area contributed by atoms with Crippen molar-refractivity contribution in [3.63, 3.8) is 0 Å². The molecule has 0 bridgehead atoms. The van der Waals surface area contributed by atoms with Gasteiger partial charge in [0.05, 0.1) is 0 Å². The maximum Gasteiger partial charge on any atom is 0.118 e. The fraction of sp³-hybridized carbons (Fsp3) is 0.409. The highest BCUT2D eigenvalue weighted by Crippen LogP contribution is 2.61. The first kappa shape index (κ1) is 16.3. The minimum atomic E-state index is -0.985. The average molecular weight is 307 g/mol. The first-order chi connectivity index (χ1) is 10.8. The Hall–Kier alpha value is -1.60. The average Bonchev–Trinajstić information content (AvgIpc) is 2.77. The van der Waals surface area contributed by atoms with Gasteiger partial charge in [0, 0.05) is 5.92 Å². The monoisotopic (exact) mass is 307 g/mol. The third-order valence-corrected chi connectivity index (χ3v) is 6.34. The molecule has 1 unspecified atom stereocenters. The van der Waals surface area contributed by atoms with Crippen molar-refractivity contribution < 1.29 is 5.11 Å². The number of rotatable bonds is 3. The Kier molecular flexibility index (Phi) is 3.88. The first-order valence-corrected chi connectivity index (χ1v) is 8.49. The van der Waals surface area contributed by atoms with Crippen LogP contribution in [0.15, 0.2) is 60.7 Å². The molecule has 1 fully saturated rings. The molecule has 1 saturated carbocycles. The summed E-state index contributed by atoms with van der Waals surface area (Å²) in [7, 11) is 0. The van der Waals surface area contributed by atoms with E-state index in [0.717, 1.165) is 24.0 Å². The zero-order chi connectivity index (χ0) is 16.7. The van der Waals surface area contributed by atoms with Crippen LogP contribution in [0.5, 0.6) is 0 Å². The van der Waals surface area contributed by atoms with Crippen LogP contribution >= 0.6 is 0 Å². The normalized spacial score (nSPS) is 22.9. The lowest BCUT2D eigenvalue weighted by molar-refractivity contribution is -0.0450. The number of benzene rings is 2. The molecule has 0 heterocycles. The summed E-state index contributed by atoms with van der Waals surface area (Å²) in [6, 6.07) is 20.2. The molecule has 0 aliphatic heterocycles. The van der Waals surface area contributed by atoms with E-state index in [0.29, 0.717) is 0 Å². The van der Waals surface area contributed by atoms with Crippen molar-refractivity contribution in [2.75, 3.05) is 0 Å². The molecular formula is C22H27O. The van der Waals surface area contributed by atoms with Crippen LogP contribution in [0, 0.1) is 23.7 Å². The molecular weight excluding hydrogens is 280 g/mol. The summed E-state index contributed by atoms with van der Waals surface area (Å²) in [5.41, 5.74) is 0.869. The molecule has 1 radical (unpaired) electrons. The van der Waals surface area contributed by atoms with Gasteiger partial charge >= 0.3 is 0 Å². The Balaban J connectivity index is 2.19. The second-order valence-corrected chi connectivity index (χ2v) is 7.87. The van der Waals surface area contributed by atoms with Gasteiger partial charge in [-0.25, -0.2) is 0 Å². The number of hydrogen-bond donors (Lipinski definition) is 1. The molecule has 23 heavy (non-hydrogen) atoms. The van der Waals surface area contributed by atoms with Crippen molar-refractivity contribution in [2.24, 2.45) is 16.7 Å². The third-order valence-electron chi connectivity index (χ3n) is 6.34. The van der Waals surface area contributed by atoms with E-state index in [4.69, 9.17) is 0 Å². The maximum absolute atomic E-state index is 12.0. The van der Waals surface area contributed by atoms with Gasteiger partial charge in [-0.05, 0) is 41.7 Å². The molecule has 1 aliphatic rings. The van der Waals surface area contributed by atoms with Gasteiger partial charge in [0.15, 0.2) is 0 Å². The Labute approximate surface area is 140 Å². The third kappa shape index (κ3) is 2.42. The standard InChI is InChI=1S/C22H27O/c1-20(2)16-15-19(21(20,3)4)22(23,17-11-7-5-8-12-17)18-13-9-6-10-14-18/h5-14,19,23H,1,15-16H2,2-4H3/t19-,20?/m0/s1. The summed E-state index contributed by atoms with van der Waals surface area (Å²) in [6.07, 6.45) is 2.01. The van der Waals surface area contributed by atoms with Gasteiger partial charge in [0.25, 0.3) is 0 Å². The summed E-state index contributed by atoms with van der Waals surface area (Å²) >= 11 is 0. The van der Waals surface area contributed by atoms with Crippen molar-refractivity contribution in [2.45, 2.75) is 39.2 Å². The molecule has 1 nitrogen and oxygen atoms in total. The molecule has 1 N–H and O–H groups in total. The number of aliphatic hydroxyl groups is 1. The van der Waals surface area contributed by atoms with Crippen LogP contribution < -0.4 is 0 Å². The summed E-state index contributed by atoms with van der Waals surface area (Å²) in [6.45, 7) is 11.2. The van der Waals surface area contributed by atoms with E-state index < -0.39 is 5.60 Å². The highest BCUT2D eigenvalue weighted by molar-refractivity contribution is 5.38. The second-order valence-electron chi connectivity index (χ2n) is 7.87. The molecule has 0 aromatic heterocycles. The van der Waals surface area contributed by atoms with Gasteiger partial charge < -0.3 is 5.11 Å². The zero-order valence-corrected chi connectivity index (χ0v) is 14.4. The Morgan fingerprint density at radius 1 is 0.913 bits per heavy atom. The zero-order valence-electron chi connectivity index (χ0n) is 14.4. The van der Waals surface area contributed by atoms with E-state index >= 15 is 0 Å². The summed E-state index contributed by atoms with van der Waals surface area (Å²) in [4.78, 5) is 0. The summed E-state index contributed by atoms with van der Waals surface area (Å²) < 4.78 is 0. The lowest BCUT2D eigenvalue weighted by atomic mass is 9.60. The van der Waals surface area contributed by atoms with Crippen LogP contribution in [-0.4, -0.2) is 5.11 Å². The van der Waals surface area contributed by atoms with Crippen LogP contribution in [0.25, 0.3) is 0 Å². The fourth-order valence-corrected chi connectivity index (χ4v) is 4.25. The largest absolute Gasteiger partial charge is 0.380 e. The van der Waals surface area contributed by atoms with Crippen molar-refractivity contribution in [1.29, 1.82) is 0 Å². The second kappa shape index (κ2) is 5.49. The predicted octanol–water partition coefficient (Wildman–Crippen LogP) is 5.20. The minimum Gasteiger partial charge on any atom is -0.380 e. The van der Waals surface area contributed by atoms with E-state index in [9.17, 15) is 5.11 Å². The van der Waals surface area contributed by atoms with Gasteiger partial charge in [0.1, 0.15) is 5.60 Å². The van der Waals surface area contributed by atoms with E-state index in [2.05, 4.69) is 27.7 Å². The molecule has 121 valence electrons. The Morgan fingerprint density at radius 2 is 1.35 bits per heavy atom. The van der Waals surface area contributed by atoms with Crippen LogP contribution in [0.3, 0.4) is 0 Å². The molecule has 2 atom stereocenters. The fourth-order valence-electron chi connectivity index (χ4n) is 4.25. The van der Waals surface area contributed by atoms with Gasteiger partial charge in [-0.3, -0.25) is 0 Å². The lowest BCUT2D eigenvalue weighted by Gasteiger charge is -2.47. The van der Waals surface area contributed by atoms with Crippen molar-refractivity contribution in [3.05, 3.63) is 78.7 Å². The molecule has 0 amide bonds. The highest BCUT2D eigenvalue weighted by Gasteiger charge is 2.57. The van der Waals surface area contributed by atoms with E-state index in [1.54, 1.807) is 0 Å². The molecule has 1 aliphatic carbocycles. The molecule has 3 rings (SSSR count). The van der Waals surface area contributed by atoms with Crippen molar-refractivity contribution >= 4 is 0 Å². The summed E-state index contributed by atoms with van der Waals surface area (Å²) in [5, 5.41) is 12.0.